The Hall–Kier alpha value is -1.79. The lowest BCUT2D eigenvalue weighted by molar-refractivity contribution is 1.14. The zero-order chi connectivity index (χ0) is 13.0. The van der Waals surface area contributed by atoms with E-state index in [4.69, 9.17) is 5.26 Å². The van der Waals surface area contributed by atoms with E-state index in [-0.39, 0.29) is 0 Å². The molecule has 0 aliphatic rings. The van der Waals surface area contributed by atoms with Gasteiger partial charge in [-0.3, -0.25) is 0 Å². The van der Waals surface area contributed by atoms with E-state index in [2.05, 4.69) is 58.5 Å². The third kappa shape index (κ3) is 3.12. The quantitative estimate of drug-likeness (QED) is 0.920. The second-order valence-electron chi connectivity index (χ2n) is 4.15. The lowest BCUT2D eigenvalue weighted by Gasteiger charge is -2.09. The highest BCUT2D eigenvalue weighted by Gasteiger charge is 2.01. The van der Waals surface area contributed by atoms with E-state index in [0.717, 1.165) is 16.7 Å². The van der Waals surface area contributed by atoms with Gasteiger partial charge in [0.1, 0.15) is 0 Å². The largest absolute Gasteiger partial charge is 0.380 e. The smallest absolute Gasteiger partial charge is 0.0992 e. The Balaban J connectivity index is 2.09. The summed E-state index contributed by atoms with van der Waals surface area (Å²) in [7, 11) is 0. The first kappa shape index (κ1) is 12.7. The topological polar surface area (TPSA) is 35.8 Å². The van der Waals surface area contributed by atoms with Gasteiger partial charge in [0.2, 0.25) is 0 Å². The summed E-state index contributed by atoms with van der Waals surface area (Å²) in [6.45, 7) is 2.85. The molecule has 0 radical (unpaired) electrons. The lowest BCUT2D eigenvalue weighted by atomic mass is 10.1. The van der Waals surface area contributed by atoms with E-state index in [0.29, 0.717) is 5.56 Å². The number of hydrogen-bond acceptors (Lipinski definition) is 2. The summed E-state index contributed by atoms with van der Waals surface area (Å²) in [4.78, 5) is 0. The van der Waals surface area contributed by atoms with Gasteiger partial charge in [0.25, 0.3) is 0 Å². The standard InChI is InChI=1S/C15H13BrN2/c1-11-3-2-4-13(7-11)10-18-15-6-5-12(9-17)8-14(15)16/h2-8,18H,10H2,1H3. The van der Waals surface area contributed by atoms with Gasteiger partial charge in [-0.1, -0.05) is 29.8 Å². The highest BCUT2D eigenvalue weighted by molar-refractivity contribution is 9.10. The summed E-state index contributed by atoms with van der Waals surface area (Å²) in [5.74, 6) is 0. The first-order chi connectivity index (χ1) is 8.69. The molecule has 1 N–H and O–H groups in total. The summed E-state index contributed by atoms with van der Waals surface area (Å²) < 4.78 is 0.911. The maximum absolute atomic E-state index is 8.80. The molecule has 0 heterocycles. The molecular weight excluding hydrogens is 288 g/mol. The molecule has 2 aromatic rings. The minimum absolute atomic E-state index is 0.656. The highest BCUT2D eigenvalue weighted by Crippen LogP contribution is 2.24. The molecule has 0 saturated carbocycles. The SMILES string of the molecule is Cc1cccc(CNc2ccc(C#N)cc2Br)c1. The van der Waals surface area contributed by atoms with Crippen LogP contribution in [0.4, 0.5) is 5.69 Å². The van der Waals surface area contributed by atoms with Gasteiger partial charge in [-0.05, 0) is 46.6 Å². The molecule has 0 atom stereocenters. The van der Waals surface area contributed by atoms with E-state index >= 15 is 0 Å². The van der Waals surface area contributed by atoms with Crippen LogP contribution in [0.15, 0.2) is 46.9 Å². The van der Waals surface area contributed by atoms with Crippen LogP contribution in [0.2, 0.25) is 0 Å². The predicted octanol–water partition coefficient (Wildman–Crippen LogP) is 4.24. The maximum atomic E-state index is 8.80. The lowest BCUT2D eigenvalue weighted by Crippen LogP contribution is -2.00. The van der Waals surface area contributed by atoms with Crippen molar-refractivity contribution in [2.45, 2.75) is 13.5 Å². The summed E-state index contributed by atoms with van der Waals surface area (Å²) in [5.41, 5.74) is 4.15. The number of nitrogens with zero attached hydrogens (tertiary/aromatic N) is 1. The van der Waals surface area contributed by atoms with Gasteiger partial charge in [0.15, 0.2) is 0 Å². The first-order valence-electron chi connectivity index (χ1n) is 5.68. The van der Waals surface area contributed by atoms with Crippen LogP contribution in [0.5, 0.6) is 0 Å². The van der Waals surface area contributed by atoms with Crippen LogP contribution >= 0.6 is 15.9 Å². The number of rotatable bonds is 3. The van der Waals surface area contributed by atoms with Crippen molar-refractivity contribution in [1.82, 2.24) is 0 Å². The number of halogens is 1. The van der Waals surface area contributed by atoms with Crippen molar-refractivity contribution in [1.29, 1.82) is 5.26 Å². The fourth-order valence-electron chi connectivity index (χ4n) is 1.75. The van der Waals surface area contributed by atoms with Gasteiger partial charge in [0, 0.05) is 16.7 Å². The first-order valence-corrected chi connectivity index (χ1v) is 6.47. The summed E-state index contributed by atoms with van der Waals surface area (Å²) >= 11 is 3.46. The Bertz CT molecular complexity index is 600. The van der Waals surface area contributed by atoms with Crippen LogP contribution < -0.4 is 5.32 Å². The van der Waals surface area contributed by atoms with Crippen LogP contribution in [-0.2, 0) is 6.54 Å². The summed E-state index contributed by atoms with van der Waals surface area (Å²) in [6.07, 6.45) is 0. The Labute approximate surface area is 115 Å². The van der Waals surface area contributed by atoms with Crippen molar-refractivity contribution in [2.24, 2.45) is 0 Å². The van der Waals surface area contributed by atoms with Gasteiger partial charge in [0.05, 0.1) is 11.6 Å². The number of benzene rings is 2. The van der Waals surface area contributed by atoms with Crippen LogP contribution in [-0.4, -0.2) is 0 Å². The minimum atomic E-state index is 0.656. The average Bonchev–Trinajstić information content (AvgIpc) is 2.37. The van der Waals surface area contributed by atoms with Gasteiger partial charge in [-0.25, -0.2) is 0 Å². The number of hydrogen-bond donors (Lipinski definition) is 1. The third-order valence-electron chi connectivity index (χ3n) is 2.66. The molecule has 2 aromatic carbocycles. The Morgan fingerprint density at radius 1 is 1.22 bits per heavy atom. The molecule has 0 amide bonds. The van der Waals surface area contributed by atoms with Crippen molar-refractivity contribution >= 4 is 21.6 Å². The second-order valence-corrected chi connectivity index (χ2v) is 5.00. The highest BCUT2D eigenvalue weighted by atomic mass is 79.9. The summed E-state index contributed by atoms with van der Waals surface area (Å²) in [6, 6.07) is 16.1. The fraction of sp³-hybridized carbons (Fsp3) is 0.133. The minimum Gasteiger partial charge on any atom is -0.380 e. The van der Waals surface area contributed by atoms with Crippen LogP contribution in [0.3, 0.4) is 0 Å². The van der Waals surface area contributed by atoms with E-state index < -0.39 is 0 Å². The van der Waals surface area contributed by atoms with Gasteiger partial charge >= 0.3 is 0 Å². The monoisotopic (exact) mass is 300 g/mol. The maximum Gasteiger partial charge on any atom is 0.0992 e. The molecule has 0 aromatic heterocycles. The molecule has 0 fully saturated rings. The summed E-state index contributed by atoms with van der Waals surface area (Å²) in [5, 5.41) is 12.2. The van der Waals surface area contributed by atoms with Crippen molar-refractivity contribution in [2.75, 3.05) is 5.32 Å². The Kier molecular flexibility index (Phi) is 4.01. The van der Waals surface area contributed by atoms with Crippen LogP contribution in [0.1, 0.15) is 16.7 Å². The molecule has 90 valence electrons. The number of nitriles is 1. The zero-order valence-electron chi connectivity index (χ0n) is 10.1. The van der Waals surface area contributed by atoms with Crippen molar-refractivity contribution in [3.05, 3.63) is 63.6 Å². The van der Waals surface area contributed by atoms with Gasteiger partial charge < -0.3 is 5.32 Å². The normalized spacial score (nSPS) is 9.83. The van der Waals surface area contributed by atoms with E-state index in [1.165, 1.54) is 11.1 Å². The number of aryl methyl sites for hydroxylation is 1. The molecule has 3 heteroatoms. The van der Waals surface area contributed by atoms with Gasteiger partial charge in [-0.2, -0.15) is 5.26 Å². The number of anilines is 1. The molecule has 2 rings (SSSR count). The van der Waals surface area contributed by atoms with E-state index in [9.17, 15) is 0 Å². The number of nitrogens with one attached hydrogen (secondary N) is 1. The zero-order valence-corrected chi connectivity index (χ0v) is 11.7. The molecule has 18 heavy (non-hydrogen) atoms. The van der Waals surface area contributed by atoms with Crippen molar-refractivity contribution < 1.29 is 0 Å². The van der Waals surface area contributed by atoms with Crippen molar-refractivity contribution in [3.63, 3.8) is 0 Å². The fourth-order valence-corrected chi connectivity index (χ4v) is 2.27. The molecule has 0 spiro atoms. The average molecular weight is 301 g/mol. The molecule has 0 bridgehead atoms. The second kappa shape index (κ2) is 5.70. The van der Waals surface area contributed by atoms with Gasteiger partial charge in [-0.15, -0.1) is 0 Å². The van der Waals surface area contributed by atoms with Crippen molar-refractivity contribution in [3.8, 4) is 6.07 Å². The molecule has 2 nitrogen and oxygen atoms in total. The molecule has 0 unspecified atom stereocenters. The molecule has 0 aliphatic heterocycles. The predicted molar refractivity (Wildman–Crippen MR) is 77.4 cm³/mol. The third-order valence-corrected chi connectivity index (χ3v) is 3.32. The molecule has 0 saturated heterocycles. The molecular formula is C15H13BrN2. The van der Waals surface area contributed by atoms with E-state index in [1.54, 1.807) is 0 Å². The molecule has 0 aliphatic carbocycles. The van der Waals surface area contributed by atoms with Crippen LogP contribution in [0, 0.1) is 18.3 Å². The Morgan fingerprint density at radius 2 is 2.06 bits per heavy atom. The Morgan fingerprint density at radius 3 is 2.72 bits per heavy atom. The van der Waals surface area contributed by atoms with Crippen LogP contribution in [0.25, 0.3) is 0 Å². The van der Waals surface area contributed by atoms with E-state index in [1.807, 2.05) is 18.2 Å².